The summed E-state index contributed by atoms with van der Waals surface area (Å²) >= 11 is 6.10. The maximum absolute atomic E-state index is 12.4. The first-order valence-electron chi connectivity index (χ1n) is 8.32. The predicted octanol–water partition coefficient (Wildman–Crippen LogP) is 5.40. The van der Waals surface area contributed by atoms with Gasteiger partial charge in [0.1, 0.15) is 0 Å². The molecule has 4 heteroatoms. The molecule has 0 aliphatic rings. The van der Waals surface area contributed by atoms with Gasteiger partial charge in [-0.1, -0.05) is 90.5 Å². The maximum Gasteiger partial charge on any atom is 0.319 e. The fourth-order valence-corrected chi connectivity index (χ4v) is 2.84. The third-order valence-corrected chi connectivity index (χ3v) is 4.27. The van der Waals surface area contributed by atoms with E-state index < -0.39 is 0 Å². The SMILES string of the molecule is O=C(N/C=C/c1ccccc1Cl)NC(c1ccccc1)c1ccccc1. The van der Waals surface area contributed by atoms with Gasteiger partial charge in [0.2, 0.25) is 0 Å². The van der Waals surface area contributed by atoms with Crippen molar-refractivity contribution in [3.8, 4) is 0 Å². The molecular weight excluding hydrogens is 344 g/mol. The Morgan fingerprint density at radius 3 is 1.92 bits per heavy atom. The highest BCUT2D eigenvalue weighted by Crippen LogP contribution is 2.21. The van der Waals surface area contributed by atoms with Gasteiger partial charge in [0.05, 0.1) is 6.04 Å². The predicted molar refractivity (Wildman–Crippen MR) is 107 cm³/mol. The topological polar surface area (TPSA) is 41.1 Å². The van der Waals surface area contributed by atoms with Crippen LogP contribution in [0.25, 0.3) is 6.08 Å². The number of rotatable bonds is 5. The van der Waals surface area contributed by atoms with E-state index in [4.69, 9.17) is 11.6 Å². The first-order valence-corrected chi connectivity index (χ1v) is 8.70. The minimum Gasteiger partial charge on any atom is -0.327 e. The molecule has 0 saturated heterocycles. The van der Waals surface area contributed by atoms with Crippen molar-refractivity contribution < 1.29 is 4.79 Å². The Labute approximate surface area is 158 Å². The Balaban J connectivity index is 1.71. The normalized spacial score (nSPS) is 10.8. The molecule has 0 fully saturated rings. The summed E-state index contributed by atoms with van der Waals surface area (Å²) in [6.45, 7) is 0. The number of carbonyl (C=O) groups excluding carboxylic acids is 1. The van der Waals surface area contributed by atoms with Gasteiger partial charge in [-0.05, 0) is 28.8 Å². The molecule has 0 bridgehead atoms. The quantitative estimate of drug-likeness (QED) is 0.626. The lowest BCUT2D eigenvalue weighted by Crippen LogP contribution is -2.35. The second-order valence-electron chi connectivity index (χ2n) is 5.73. The number of amides is 2. The molecule has 26 heavy (non-hydrogen) atoms. The van der Waals surface area contributed by atoms with Crippen LogP contribution in [-0.2, 0) is 0 Å². The number of benzene rings is 3. The smallest absolute Gasteiger partial charge is 0.319 e. The monoisotopic (exact) mass is 362 g/mol. The van der Waals surface area contributed by atoms with Gasteiger partial charge in [0.25, 0.3) is 0 Å². The summed E-state index contributed by atoms with van der Waals surface area (Å²) in [6, 6.07) is 26.7. The van der Waals surface area contributed by atoms with Gasteiger partial charge in [0, 0.05) is 11.2 Å². The first-order chi connectivity index (χ1) is 12.7. The molecule has 0 aliphatic carbocycles. The van der Waals surface area contributed by atoms with Crippen molar-refractivity contribution in [1.82, 2.24) is 10.6 Å². The van der Waals surface area contributed by atoms with Crippen molar-refractivity contribution in [1.29, 1.82) is 0 Å². The molecule has 2 amide bonds. The van der Waals surface area contributed by atoms with E-state index in [1.54, 1.807) is 12.3 Å². The molecule has 0 atom stereocenters. The zero-order chi connectivity index (χ0) is 18.2. The van der Waals surface area contributed by atoms with E-state index >= 15 is 0 Å². The van der Waals surface area contributed by atoms with Crippen molar-refractivity contribution in [3.63, 3.8) is 0 Å². The second kappa shape index (κ2) is 8.88. The minimum atomic E-state index is -0.286. The minimum absolute atomic E-state index is 0.230. The van der Waals surface area contributed by atoms with Crippen molar-refractivity contribution in [2.24, 2.45) is 0 Å². The van der Waals surface area contributed by atoms with Crippen LogP contribution in [0.4, 0.5) is 4.79 Å². The average molecular weight is 363 g/mol. The number of carbonyl (C=O) groups is 1. The lowest BCUT2D eigenvalue weighted by Gasteiger charge is -2.19. The standard InChI is InChI=1S/C22H19ClN2O/c23-20-14-8-7-9-17(20)15-16-24-22(26)25-21(18-10-3-1-4-11-18)19-12-5-2-6-13-19/h1-16,21H,(H2,24,25,26)/b16-15+. The van der Waals surface area contributed by atoms with Gasteiger partial charge in [-0.15, -0.1) is 0 Å². The van der Waals surface area contributed by atoms with E-state index in [0.29, 0.717) is 5.02 Å². The molecule has 0 aromatic heterocycles. The van der Waals surface area contributed by atoms with Crippen LogP contribution in [0.1, 0.15) is 22.7 Å². The van der Waals surface area contributed by atoms with E-state index in [1.807, 2.05) is 84.9 Å². The highest BCUT2D eigenvalue weighted by atomic mass is 35.5. The van der Waals surface area contributed by atoms with Gasteiger partial charge in [0.15, 0.2) is 0 Å². The molecule has 3 aromatic carbocycles. The molecule has 0 saturated carbocycles. The van der Waals surface area contributed by atoms with E-state index in [2.05, 4.69) is 10.6 Å². The molecular formula is C22H19ClN2O. The van der Waals surface area contributed by atoms with Gasteiger partial charge >= 0.3 is 6.03 Å². The summed E-state index contributed by atoms with van der Waals surface area (Å²) in [4.78, 5) is 12.4. The second-order valence-corrected chi connectivity index (χ2v) is 6.13. The van der Waals surface area contributed by atoms with E-state index in [0.717, 1.165) is 16.7 Å². The fraction of sp³-hybridized carbons (Fsp3) is 0.0455. The number of hydrogen-bond acceptors (Lipinski definition) is 1. The van der Waals surface area contributed by atoms with Crippen LogP contribution < -0.4 is 10.6 Å². The Hall–Kier alpha value is -3.04. The zero-order valence-corrected chi connectivity index (χ0v) is 14.9. The summed E-state index contributed by atoms with van der Waals surface area (Å²) in [5, 5.41) is 6.39. The Kier molecular flexibility index (Phi) is 6.07. The first kappa shape index (κ1) is 17.8. The number of hydrogen-bond donors (Lipinski definition) is 2. The third kappa shape index (κ3) is 4.74. The molecule has 0 radical (unpaired) electrons. The summed E-state index contributed by atoms with van der Waals surface area (Å²) in [7, 11) is 0. The Morgan fingerprint density at radius 1 is 0.808 bits per heavy atom. The van der Waals surface area contributed by atoms with Crippen LogP contribution in [0.3, 0.4) is 0 Å². The van der Waals surface area contributed by atoms with E-state index in [1.165, 1.54) is 0 Å². The molecule has 2 N–H and O–H groups in total. The van der Waals surface area contributed by atoms with Gasteiger partial charge < -0.3 is 10.6 Å². The summed E-state index contributed by atoms with van der Waals surface area (Å²) in [5.41, 5.74) is 2.88. The van der Waals surface area contributed by atoms with Crippen molar-refractivity contribution in [2.75, 3.05) is 0 Å². The number of nitrogens with one attached hydrogen (secondary N) is 2. The molecule has 0 heterocycles. The molecule has 3 aromatic rings. The van der Waals surface area contributed by atoms with Crippen molar-refractivity contribution >= 4 is 23.7 Å². The van der Waals surface area contributed by atoms with Crippen LogP contribution in [0, 0.1) is 0 Å². The van der Waals surface area contributed by atoms with Crippen molar-refractivity contribution in [2.45, 2.75) is 6.04 Å². The molecule has 0 unspecified atom stereocenters. The molecule has 3 rings (SSSR count). The van der Waals surface area contributed by atoms with Crippen LogP contribution in [-0.4, -0.2) is 6.03 Å². The number of halogens is 1. The molecule has 0 aliphatic heterocycles. The van der Waals surface area contributed by atoms with Gasteiger partial charge in [-0.3, -0.25) is 0 Å². The van der Waals surface area contributed by atoms with Crippen molar-refractivity contribution in [3.05, 3.63) is 113 Å². The summed E-state index contributed by atoms with van der Waals surface area (Å²) in [6.07, 6.45) is 3.35. The van der Waals surface area contributed by atoms with Crippen LogP contribution in [0.15, 0.2) is 91.1 Å². The summed E-state index contributed by atoms with van der Waals surface area (Å²) < 4.78 is 0. The van der Waals surface area contributed by atoms with Crippen LogP contribution in [0.2, 0.25) is 5.02 Å². The lowest BCUT2D eigenvalue weighted by molar-refractivity contribution is 0.242. The lowest BCUT2D eigenvalue weighted by atomic mass is 9.99. The van der Waals surface area contributed by atoms with Gasteiger partial charge in [-0.25, -0.2) is 4.79 Å². The average Bonchev–Trinajstić information content (AvgIpc) is 2.69. The van der Waals surface area contributed by atoms with E-state index in [9.17, 15) is 4.79 Å². The van der Waals surface area contributed by atoms with E-state index in [-0.39, 0.29) is 12.1 Å². The number of urea groups is 1. The maximum atomic E-state index is 12.4. The molecule has 130 valence electrons. The van der Waals surface area contributed by atoms with Gasteiger partial charge in [-0.2, -0.15) is 0 Å². The largest absolute Gasteiger partial charge is 0.327 e. The van der Waals surface area contributed by atoms with Crippen LogP contribution >= 0.6 is 11.6 Å². The molecule has 0 spiro atoms. The summed E-state index contributed by atoms with van der Waals surface area (Å²) in [5.74, 6) is 0. The fourth-order valence-electron chi connectivity index (χ4n) is 2.64. The highest BCUT2D eigenvalue weighted by molar-refractivity contribution is 6.32. The Bertz CT molecular complexity index is 839. The highest BCUT2D eigenvalue weighted by Gasteiger charge is 2.15. The van der Waals surface area contributed by atoms with Crippen LogP contribution in [0.5, 0.6) is 0 Å². The third-order valence-electron chi connectivity index (χ3n) is 3.92. The Morgan fingerprint density at radius 2 is 1.35 bits per heavy atom. The zero-order valence-electron chi connectivity index (χ0n) is 14.1. The molecule has 3 nitrogen and oxygen atoms in total.